The predicted molar refractivity (Wildman–Crippen MR) is 284 cm³/mol. The number of unbranched alkanes of at least 4 members (excludes halogenated alkanes) is 42. The fourth-order valence-electron chi connectivity index (χ4n) is 9.03. The first-order valence-electron chi connectivity index (χ1n) is 29.7. The second-order valence-electron chi connectivity index (χ2n) is 20.3. The lowest BCUT2D eigenvalue weighted by Gasteiger charge is -2.18. The van der Waals surface area contributed by atoms with Crippen LogP contribution in [0.1, 0.15) is 335 Å². The van der Waals surface area contributed by atoms with Crippen molar-refractivity contribution in [2.75, 3.05) is 13.2 Å². The van der Waals surface area contributed by atoms with Gasteiger partial charge in [0.15, 0.2) is 6.10 Å². The van der Waals surface area contributed by atoms with Crippen LogP contribution in [-0.2, 0) is 28.6 Å². The number of esters is 3. The second-order valence-corrected chi connectivity index (χ2v) is 20.3. The molecule has 390 valence electrons. The van der Waals surface area contributed by atoms with E-state index in [0.29, 0.717) is 19.3 Å². The van der Waals surface area contributed by atoms with Crippen molar-refractivity contribution in [2.24, 2.45) is 0 Å². The molecular weight excluding hydrogens is 817 g/mol. The summed E-state index contributed by atoms with van der Waals surface area (Å²) in [7, 11) is 0. The van der Waals surface area contributed by atoms with Crippen molar-refractivity contribution in [3.8, 4) is 0 Å². The first kappa shape index (κ1) is 64.2. The van der Waals surface area contributed by atoms with E-state index in [1.807, 2.05) is 0 Å². The summed E-state index contributed by atoms with van der Waals surface area (Å²) >= 11 is 0. The molecule has 0 unspecified atom stereocenters. The van der Waals surface area contributed by atoms with Crippen LogP contribution in [0.25, 0.3) is 0 Å². The molecule has 66 heavy (non-hydrogen) atoms. The zero-order valence-corrected chi connectivity index (χ0v) is 44.7. The molecule has 0 aromatic heterocycles. The van der Waals surface area contributed by atoms with Crippen LogP contribution in [0.3, 0.4) is 0 Å². The van der Waals surface area contributed by atoms with E-state index >= 15 is 0 Å². The number of rotatable bonds is 55. The molecule has 0 amide bonds. The normalized spacial score (nSPS) is 12.0. The number of hydrogen-bond donors (Lipinski definition) is 0. The minimum atomic E-state index is -0.769. The number of allylic oxidation sites excluding steroid dienone is 2. The van der Waals surface area contributed by atoms with Gasteiger partial charge in [0.1, 0.15) is 13.2 Å². The van der Waals surface area contributed by atoms with Crippen molar-refractivity contribution in [3.63, 3.8) is 0 Å². The second kappa shape index (κ2) is 55.7. The fourth-order valence-corrected chi connectivity index (χ4v) is 9.03. The molecule has 0 bridgehead atoms. The van der Waals surface area contributed by atoms with Crippen LogP contribution in [0, 0.1) is 0 Å². The summed E-state index contributed by atoms with van der Waals surface area (Å²) in [5, 5.41) is 0. The Balaban J connectivity index is 4.29. The first-order chi connectivity index (χ1) is 32.5. The number of hydrogen-bond acceptors (Lipinski definition) is 6. The molecule has 0 fully saturated rings. The molecule has 6 nitrogen and oxygen atoms in total. The molecule has 0 saturated carbocycles. The van der Waals surface area contributed by atoms with Crippen LogP contribution in [-0.4, -0.2) is 37.2 Å². The summed E-state index contributed by atoms with van der Waals surface area (Å²) in [5.74, 6) is -0.850. The van der Waals surface area contributed by atoms with E-state index < -0.39 is 6.10 Å². The molecule has 0 aliphatic heterocycles. The summed E-state index contributed by atoms with van der Waals surface area (Å²) in [6.45, 7) is 6.69. The zero-order valence-electron chi connectivity index (χ0n) is 44.7. The summed E-state index contributed by atoms with van der Waals surface area (Å²) < 4.78 is 16.9. The third kappa shape index (κ3) is 53.1. The maximum absolute atomic E-state index is 12.8. The molecule has 0 aromatic carbocycles. The third-order valence-corrected chi connectivity index (χ3v) is 13.5. The molecule has 0 aliphatic rings. The van der Waals surface area contributed by atoms with Crippen LogP contribution in [0.5, 0.6) is 0 Å². The Labute approximate surface area is 411 Å². The quantitative estimate of drug-likeness (QED) is 0.0262. The van der Waals surface area contributed by atoms with E-state index in [4.69, 9.17) is 14.2 Å². The number of carbonyl (C=O) groups is 3. The van der Waals surface area contributed by atoms with Gasteiger partial charge in [0.05, 0.1) is 0 Å². The lowest BCUT2D eigenvalue weighted by atomic mass is 10.0. The minimum absolute atomic E-state index is 0.0673. The van der Waals surface area contributed by atoms with E-state index in [2.05, 4.69) is 32.9 Å². The SMILES string of the molecule is CCCCCCCCC/C=C\CCCCCCCC(=O)O[C@H](COC(=O)CCCCCCCCCCCCCCC)COC(=O)CCCCCCCCCCCCCCCCCCCCC. The smallest absolute Gasteiger partial charge is 0.306 e. The van der Waals surface area contributed by atoms with Crippen molar-refractivity contribution < 1.29 is 28.6 Å². The van der Waals surface area contributed by atoms with Crippen LogP contribution in [0.4, 0.5) is 0 Å². The maximum Gasteiger partial charge on any atom is 0.306 e. The summed E-state index contributed by atoms with van der Waals surface area (Å²) in [4.78, 5) is 38.1. The first-order valence-corrected chi connectivity index (χ1v) is 29.7. The highest BCUT2D eigenvalue weighted by Crippen LogP contribution is 2.17. The van der Waals surface area contributed by atoms with Crippen molar-refractivity contribution in [1.82, 2.24) is 0 Å². The minimum Gasteiger partial charge on any atom is -0.462 e. The Bertz CT molecular complexity index is 1020. The molecule has 6 heteroatoms. The standard InChI is InChI=1S/C60H114O6/c1-4-7-10-13-16-19-22-25-27-29-30-31-33-35-38-41-44-47-50-53-59(62)65-56-57(55-64-58(61)52-49-46-43-40-37-34-24-21-18-15-12-9-6-3)66-60(63)54-51-48-45-42-39-36-32-28-26-23-20-17-14-11-8-5-2/h28,32,57H,4-27,29-31,33-56H2,1-3H3/b32-28-/t57-/m1/s1. The van der Waals surface area contributed by atoms with Gasteiger partial charge in [-0.2, -0.15) is 0 Å². The lowest BCUT2D eigenvalue weighted by Crippen LogP contribution is -2.30. The van der Waals surface area contributed by atoms with Crippen molar-refractivity contribution >= 4 is 17.9 Å². The Morgan fingerprint density at radius 1 is 0.288 bits per heavy atom. The van der Waals surface area contributed by atoms with E-state index in [1.165, 1.54) is 231 Å². The number of carbonyl (C=O) groups excluding carboxylic acids is 3. The summed E-state index contributed by atoms with van der Waals surface area (Å²) in [6.07, 6.45) is 63.5. The highest BCUT2D eigenvalue weighted by Gasteiger charge is 2.19. The van der Waals surface area contributed by atoms with Gasteiger partial charge in [-0.1, -0.05) is 283 Å². The fraction of sp³-hybridized carbons (Fsp3) is 0.917. The van der Waals surface area contributed by atoms with E-state index in [-0.39, 0.29) is 31.1 Å². The molecule has 0 aliphatic carbocycles. The van der Waals surface area contributed by atoms with Crippen molar-refractivity contribution in [3.05, 3.63) is 12.2 Å². The highest BCUT2D eigenvalue weighted by molar-refractivity contribution is 5.71. The third-order valence-electron chi connectivity index (χ3n) is 13.5. The molecule has 0 radical (unpaired) electrons. The monoisotopic (exact) mass is 931 g/mol. The Morgan fingerprint density at radius 2 is 0.500 bits per heavy atom. The maximum atomic E-state index is 12.8. The van der Waals surface area contributed by atoms with E-state index in [1.54, 1.807) is 0 Å². The van der Waals surface area contributed by atoms with Gasteiger partial charge >= 0.3 is 17.9 Å². The topological polar surface area (TPSA) is 78.9 Å². The van der Waals surface area contributed by atoms with E-state index in [0.717, 1.165) is 64.2 Å². The average Bonchev–Trinajstić information content (AvgIpc) is 3.31. The van der Waals surface area contributed by atoms with Crippen LogP contribution in [0.15, 0.2) is 12.2 Å². The molecule has 0 aromatic rings. The van der Waals surface area contributed by atoms with Gasteiger partial charge in [-0.25, -0.2) is 0 Å². The van der Waals surface area contributed by atoms with Crippen molar-refractivity contribution in [1.29, 1.82) is 0 Å². The van der Waals surface area contributed by atoms with Gasteiger partial charge in [-0.3, -0.25) is 14.4 Å². The summed E-state index contributed by atoms with van der Waals surface area (Å²) in [6, 6.07) is 0. The molecular formula is C60H114O6. The van der Waals surface area contributed by atoms with Gasteiger partial charge in [-0.05, 0) is 44.9 Å². The van der Waals surface area contributed by atoms with E-state index in [9.17, 15) is 14.4 Å². The molecule has 0 saturated heterocycles. The van der Waals surface area contributed by atoms with Crippen LogP contribution >= 0.6 is 0 Å². The largest absolute Gasteiger partial charge is 0.462 e. The predicted octanol–water partition coefficient (Wildman–Crippen LogP) is 19.7. The van der Waals surface area contributed by atoms with Crippen molar-refractivity contribution in [2.45, 2.75) is 341 Å². The Morgan fingerprint density at radius 3 is 0.758 bits per heavy atom. The van der Waals surface area contributed by atoms with Gasteiger partial charge in [0, 0.05) is 19.3 Å². The molecule has 0 rings (SSSR count). The lowest BCUT2D eigenvalue weighted by molar-refractivity contribution is -0.167. The molecule has 0 N–H and O–H groups in total. The number of ether oxygens (including phenoxy) is 3. The van der Waals surface area contributed by atoms with Gasteiger partial charge in [0.2, 0.25) is 0 Å². The average molecular weight is 932 g/mol. The molecule has 1 atom stereocenters. The zero-order chi connectivity index (χ0) is 47.9. The summed E-state index contributed by atoms with van der Waals surface area (Å²) in [5.41, 5.74) is 0. The Hall–Kier alpha value is -1.85. The van der Waals surface area contributed by atoms with Gasteiger partial charge in [-0.15, -0.1) is 0 Å². The molecule has 0 spiro atoms. The highest BCUT2D eigenvalue weighted by atomic mass is 16.6. The molecule has 0 heterocycles. The van der Waals surface area contributed by atoms with Gasteiger partial charge < -0.3 is 14.2 Å². The Kier molecular flexibility index (Phi) is 54.2. The van der Waals surface area contributed by atoms with Crippen LogP contribution < -0.4 is 0 Å². The van der Waals surface area contributed by atoms with Gasteiger partial charge in [0.25, 0.3) is 0 Å². The van der Waals surface area contributed by atoms with Crippen LogP contribution in [0.2, 0.25) is 0 Å².